The van der Waals surface area contributed by atoms with E-state index in [-0.39, 0.29) is 20.0 Å². The Labute approximate surface area is 221 Å². The summed E-state index contributed by atoms with van der Waals surface area (Å²) in [6.07, 6.45) is 6.99. The van der Waals surface area contributed by atoms with Gasteiger partial charge in [-0.15, -0.1) is 11.3 Å². The maximum Gasteiger partial charge on any atom is 0.273 e. The fourth-order valence-electron chi connectivity index (χ4n) is 3.78. The van der Waals surface area contributed by atoms with Gasteiger partial charge in [-0.05, 0) is 60.6 Å². The molecule has 0 atom stereocenters. The van der Waals surface area contributed by atoms with Crippen molar-refractivity contribution < 1.29 is 13.2 Å². The molecule has 2 aromatic heterocycles. The number of sulfonamides is 1. The van der Waals surface area contributed by atoms with Crippen molar-refractivity contribution in [1.29, 1.82) is 0 Å². The van der Waals surface area contributed by atoms with Crippen LogP contribution in [-0.2, 0) is 27.8 Å². The molecule has 1 aromatic carbocycles. The van der Waals surface area contributed by atoms with Gasteiger partial charge in [-0.2, -0.15) is 5.10 Å². The normalized spacial score (nSPS) is 14.9. The third kappa shape index (κ3) is 5.80. The number of halogens is 4. The van der Waals surface area contributed by atoms with Crippen molar-refractivity contribution in [3.8, 4) is 0 Å². The molecule has 0 unspecified atom stereocenters. The molecule has 3 aromatic rings. The summed E-state index contributed by atoms with van der Waals surface area (Å²) in [6.45, 7) is 0.493. The van der Waals surface area contributed by atoms with Crippen molar-refractivity contribution in [3.63, 3.8) is 0 Å². The second kappa shape index (κ2) is 10.6. The highest BCUT2D eigenvalue weighted by molar-refractivity contribution is 7.92. The molecular formula is C22H19Cl4N3O3S2. The molecule has 1 amide bonds. The maximum atomic E-state index is 12.4. The summed E-state index contributed by atoms with van der Waals surface area (Å²) < 4.78 is 28.8. The van der Waals surface area contributed by atoms with E-state index in [0.29, 0.717) is 23.0 Å². The summed E-state index contributed by atoms with van der Waals surface area (Å²) >= 11 is 24.8. The Morgan fingerprint density at radius 2 is 1.94 bits per heavy atom. The Bertz CT molecular complexity index is 1360. The van der Waals surface area contributed by atoms with Crippen LogP contribution in [0.15, 0.2) is 40.7 Å². The largest absolute Gasteiger partial charge is 0.274 e. The molecule has 1 aliphatic carbocycles. The van der Waals surface area contributed by atoms with Gasteiger partial charge >= 0.3 is 0 Å². The number of carbonyl (C=O) groups is 1. The van der Waals surface area contributed by atoms with Crippen molar-refractivity contribution in [1.82, 2.24) is 14.5 Å². The van der Waals surface area contributed by atoms with Gasteiger partial charge in [-0.25, -0.2) is 13.1 Å². The van der Waals surface area contributed by atoms with Crippen molar-refractivity contribution in [2.45, 2.75) is 42.9 Å². The molecule has 180 valence electrons. The van der Waals surface area contributed by atoms with Crippen LogP contribution in [0.5, 0.6) is 0 Å². The van der Waals surface area contributed by atoms with Gasteiger partial charge in [0, 0.05) is 16.5 Å². The molecule has 0 saturated carbocycles. The Kier molecular flexibility index (Phi) is 7.96. The summed E-state index contributed by atoms with van der Waals surface area (Å²) in [4.78, 5) is 12.3. The van der Waals surface area contributed by atoms with Crippen molar-refractivity contribution in [2.24, 2.45) is 0 Å². The van der Waals surface area contributed by atoms with Crippen LogP contribution in [0.25, 0.3) is 5.57 Å². The zero-order valence-electron chi connectivity index (χ0n) is 17.7. The van der Waals surface area contributed by atoms with Crippen molar-refractivity contribution in [2.75, 3.05) is 0 Å². The number of rotatable bonds is 7. The van der Waals surface area contributed by atoms with Gasteiger partial charge in [0.25, 0.3) is 10.0 Å². The standard InChI is InChI=1S/C22H19Cl4N3O3S2/c23-16-8-7-15(17(24)9-16)12-29-21-13(3-1-5-14(21)11-27-29)4-2-6-19(30)28-34(31,32)20-10-18(25)22(26)33-20/h4,7-11H,1-3,5-6,12H2,(H,28,30)/b13-4+. The molecule has 0 spiro atoms. The molecule has 4 rings (SSSR count). The van der Waals surface area contributed by atoms with E-state index in [0.717, 1.165) is 53.0 Å². The second-order valence-corrected chi connectivity index (χ2v) is 12.6. The Morgan fingerprint density at radius 3 is 2.65 bits per heavy atom. The third-order valence-corrected chi connectivity index (χ3v) is 9.64. The van der Waals surface area contributed by atoms with Gasteiger partial charge in [0.15, 0.2) is 0 Å². The highest BCUT2D eigenvalue weighted by Gasteiger charge is 2.23. The Morgan fingerprint density at radius 1 is 1.15 bits per heavy atom. The lowest BCUT2D eigenvalue weighted by Gasteiger charge is -2.18. The Balaban J connectivity index is 1.45. The summed E-state index contributed by atoms with van der Waals surface area (Å²) in [7, 11) is -4.01. The molecule has 6 nitrogen and oxygen atoms in total. The van der Waals surface area contributed by atoms with Crippen LogP contribution in [-0.4, -0.2) is 24.1 Å². The maximum absolute atomic E-state index is 12.4. The van der Waals surface area contributed by atoms with Gasteiger partial charge in [-0.1, -0.05) is 58.5 Å². The summed E-state index contributed by atoms with van der Waals surface area (Å²) in [6, 6.07) is 6.60. The van der Waals surface area contributed by atoms with Crippen LogP contribution in [0.3, 0.4) is 0 Å². The van der Waals surface area contributed by atoms with E-state index in [1.54, 1.807) is 12.1 Å². The number of hydrogen-bond acceptors (Lipinski definition) is 5. The molecule has 0 saturated heterocycles. The molecule has 0 bridgehead atoms. The fraction of sp³-hybridized carbons (Fsp3) is 0.273. The fourth-order valence-corrected chi connectivity index (χ4v) is 7.15. The first kappa shape index (κ1) is 25.5. The van der Waals surface area contributed by atoms with E-state index in [2.05, 4.69) is 9.82 Å². The van der Waals surface area contributed by atoms with E-state index < -0.39 is 15.9 Å². The number of amides is 1. The van der Waals surface area contributed by atoms with Crippen molar-refractivity contribution >= 4 is 79.2 Å². The average Bonchev–Trinajstić information content (AvgIpc) is 3.34. The summed E-state index contributed by atoms with van der Waals surface area (Å²) in [5.41, 5.74) is 4.14. The van der Waals surface area contributed by atoms with Gasteiger partial charge in [0.05, 0.1) is 23.5 Å². The van der Waals surface area contributed by atoms with Crippen LogP contribution in [0.2, 0.25) is 19.4 Å². The molecular weight excluding hydrogens is 560 g/mol. The number of thiophene rings is 1. The highest BCUT2D eigenvalue weighted by atomic mass is 35.5. The van der Waals surface area contributed by atoms with Crippen LogP contribution >= 0.6 is 57.7 Å². The monoisotopic (exact) mass is 577 g/mol. The predicted octanol–water partition coefficient (Wildman–Crippen LogP) is 6.61. The first-order valence-electron chi connectivity index (χ1n) is 10.3. The number of nitrogens with zero attached hydrogens (tertiary/aromatic N) is 2. The van der Waals surface area contributed by atoms with E-state index in [9.17, 15) is 13.2 Å². The molecule has 0 fully saturated rings. The molecule has 12 heteroatoms. The lowest BCUT2D eigenvalue weighted by molar-refractivity contribution is -0.119. The SMILES string of the molecule is O=C(CC/C=C1\CCCc2cnn(Cc3ccc(Cl)cc3Cl)c21)NS(=O)(=O)c1cc(Cl)c(Cl)s1. The minimum Gasteiger partial charge on any atom is -0.274 e. The number of hydrogen-bond donors (Lipinski definition) is 1. The molecule has 1 aliphatic rings. The highest BCUT2D eigenvalue weighted by Crippen LogP contribution is 2.34. The van der Waals surface area contributed by atoms with E-state index in [4.69, 9.17) is 46.4 Å². The van der Waals surface area contributed by atoms with Crippen LogP contribution in [0.4, 0.5) is 0 Å². The summed E-state index contributed by atoms with van der Waals surface area (Å²) in [5.74, 6) is -0.602. The van der Waals surface area contributed by atoms with Crippen LogP contribution in [0.1, 0.15) is 42.5 Å². The lowest BCUT2D eigenvalue weighted by atomic mass is 9.92. The number of benzene rings is 1. The number of allylic oxidation sites excluding steroid dienone is 2. The average molecular weight is 579 g/mol. The first-order valence-corrected chi connectivity index (χ1v) is 14.1. The first-order chi connectivity index (χ1) is 16.1. The predicted molar refractivity (Wildman–Crippen MR) is 138 cm³/mol. The molecule has 0 radical (unpaired) electrons. The number of carbonyl (C=O) groups excluding carboxylic acids is 1. The number of aromatic nitrogens is 2. The van der Waals surface area contributed by atoms with Crippen LogP contribution < -0.4 is 4.72 Å². The summed E-state index contributed by atoms with van der Waals surface area (Å²) in [5, 5.41) is 5.82. The Hall–Kier alpha value is -1.55. The van der Waals surface area contributed by atoms with Gasteiger partial charge in [0.2, 0.25) is 5.91 Å². The number of aryl methyl sites for hydroxylation is 1. The molecule has 1 N–H and O–H groups in total. The third-order valence-electron chi connectivity index (χ3n) is 5.34. The van der Waals surface area contributed by atoms with Gasteiger partial charge in [0.1, 0.15) is 8.55 Å². The van der Waals surface area contributed by atoms with Gasteiger partial charge < -0.3 is 0 Å². The van der Waals surface area contributed by atoms with E-state index in [1.807, 2.05) is 23.0 Å². The van der Waals surface area contributed by atoms with E-state index >= 15 is 0 Å². The zero-order valence-corrected chi connectivity index (χ0v) is 22.3. The second-order valence-electron chi connectivity index (χ2n) is 7.75. The smallest absolute Gasteiger partial charge is 0.273 e. The van der Waals surface area contributed by atoms with Gasteiger partial charge in [-0.3, -0.25) is 9.48 Å². The van der Waals surface area contributed by atoms with Crippen LogP contribution in [0, 0.1) is 0 Å². The minimum absolute atomic E-state index is 0.0159. The quantitative estimate of drug-likeness (QED) is 0.342. The lowest BCUT2D eigenvalue weighted by Crippen LogP contribution is -2.29. The minimum atomic E-state index is -4.01. The number of nitrogens with one attached hydrogen (secondary N) is 1. The molecule has 0 aliphatic heterocycles. The molecule has 2 heterocycles. The zero-order chi connectivity index (χ0) is 24.5. The topological polar surface area (TPSA) is 81.1 Å². The molecule has 34 heavy (non-hydrogen) atoms. The number of fused-ring (bicyclic) bond motifs is 1. The van der Waals surface area contributed by atoms with E-state index in [1.165, 1.54) is 6.07 Å². The van der Waals surface area contributed by atoms with Crippen molar-refractivity contribution in [3.05, 3.63) is 72.8 Å².